The van der Waals surface area contributed by atoms with Crippen molar-refractivity contribution >= 4 is 29.2 Å². The lowest BCUT2D eigenvalue weighted by atomic mass is 9.59. The topological polar surface area (TPSA) is 38.3 Å². The Morgan fingerprint density at radius 3 is 2.61 bits per heavy atom. The second-order valence-corrected chi connectivity index (χ2v) is 7.07. The number of methoxy groups -OCH3 is 1. The van der Waals surface area contributed by atoms with Crippen molar-refractivity contribution in [1.82, 2.24) is 5.32 Å². The van der Waals surface area contributed by atoms with E-state index in [1.54, 1.807) is 0 Å². The SMILES string of the molecule is CCCC(NCCC(=O)OC)C1(c2ccc(Cl)c(Cl)c2)CCC1. The molecule has 0 amide bonds. The highest BCUT2D eigenvalue weighted by molar-refractivity contribution is 6.42. The number of carbonyl (C=O) groups excluding carboxylic acids is 1. The minimum Gasteiger partial charge on any atom is -0.469 e. The molecule has 0 radical (unpaired) electrons. The maximum atomic E-state index is 11.3. The first-order valence-electron chi connectivity index (χ1n) is 8.29. The molecule has 23 heavy (non-hydrogen) atoms. The van der Waals surface area contributed by atoms with Crippen molar-refractivity contribution in [2.75, 3.05) is 13.7 Å². The Kier molecular flexibility index (Phi) is 6.75. The highest BCUT2D eigenvalue weighted by Gasteiger charge is 2.44. The van der Waals surface area contributed by atoms with Gasteiger partial charge in [0.15, 0.2) is 0 Å². The Hall–Kier alpha value is -0.770. The summed E-state index contributed by atoms with van der Waals surface area (Å²) in [5.74, 6) is -0.176. The molecule has 1 unspecified atom stereocenters. The van der Waals surface area contributed by atoms with E-state index in [4.69, 9.17) is 27.9 Å². The molecule has 128 valence electrons. The van der Waals surface area contributed by atoms with Crippen LogP contribution in [-0.2, 0) is 14.9 Å². The van der Waals surface area contributed by atoms with Gasteiger partial charge in [-0.05, 0) is 37.0 Å². The number of rotatable bonds is 8. The molecule has 0 spiro atoms. The minimum absolute atomic E-state index is 0.0976. The number of esters is 1. The lowest BCUT2D eigenvalue weighted by Crippen LogP contribution is -2.53. The molecule has 1 N–H and O–H groups in total. The van der Waals surface area contributed by atoms with Crippen LogP contribution in [0.25, 0.3) is 0 Å². The Morgan fingerprint density at radius 1 is 1.35 bits per heavy atom. The van der Waals surface area contributed by atoms with Crippen molar-refractivity contribution < 1.29 is 9.53 Å². The van der Waals surface area contributed by atoms with Gasteiger partial charge < -0.3 is 10.1 Å². The fraction of sp³-hybridized carbons (Fsp3) is 0.611. The van der Waals surface area contributed by atoms with Gasteiger partial charge in [-0.2, -0.15) is 0 Å². The Balaban J connectivity index is 2.16. The third kappa shape index (κ3) is 4.20. The molecule has 0 heterocycles. The number of carbonyl (C=O) groups is 1. The van der Waals surface area contributed by atoms with Crippen LogP contribution < -0.4 is 5.32 Å². The quantitative estimate of drug-likeness (QED) is 0.683. The third-order valence-electron chi connectivity index (χ3n) is 4.93. The van der Waals surface area contributed by atoms with Crippen molar-refractivity contribution in [3.63, 3.8) is 0 Å². The zero-order valence-corrected chi connectivity index (χ0v) is 15.3. The number of nitrogens with one attached hydrogen (secondary N) is 1. The van der Waals surface area contributed by atoms with Gasteiger partial charge in [-0.1, -0.05) is 49.0 Å². The maximum absolute atomic E-state index is 11.3. The van der Waals surface area contributed by atoms with Crippen molar-refractivity contribution in [3.05, 3.63) is 33.8 Å². The lowest BCUT2D eigenvalue weighted by Gasteiger charge is -2.49. The van der Waals surface area contributed by atoms with E-state index >= 15 is 0 Å². The highest BCUT2D eigenvalue weighted by Crippen LogP contribution is 2.48. The van der Waals surface area contributed by atoms with Gasteiger partial charge in [0.25, 0.3) is 0 Å². The van der Waals surface area contributed by atoms with E-state index in [1.807, 2.05) is 12.1 Å². The highest BCUT2D eigenvalue weighted by atomic mass is 35.5. The molecule has 1 aromatic carbocycles. The van der Waals surface area contributed by atoms with E-state index in [2.05, 4.69) is 18.3 Å². The molecule has 1 fully saturated rings. The van der Waals surface area contributed by atoms with Crippen LogP contribution in [-0.4, -0.2) is 25.7 Å². The molecule has 1 atom stereocenters. The molecule has 1 saturated carbocycles. The molecule has 1 aliphatic carbocycles. The fourth-order valence-corrected chi connectivity index (χ4v) is 3.81. The van der Waals surface area contributed by atoms with E-state index in [0.29, 0.717) is 29.1 Å². The van der Waals surface area contributed by atoms with Crippen LogP contribution in [0.3, 0.4) is 0 Å². The van der Waals surface area contributed by atoms with Gasteiger partial charge in [0.05, 0.1) is 23.6 Å². The monoisotopic (exact) mass is 357 g/mol. The number of ether oxygens (including phenoxy) is 1. The third-order valence-corrected chi connectivity index (χ3v) is 5.67. The summed E-state index contributed by atoms with van der Waals surface area (Å²) in [6.45, 7) is 2.83. The zero-order valence-electron chi connectivity index (χ0n) is 13.8. The molecule has 0 saturated heterocycles. The summed E-state index contributed by atoms with van der Waals surface area (Å²) in [6.07, 6.45) is 6.06. The average Bonchev–Trinajstić information content (AvgIpc) is 2.49. The summed E-state index contributed by atoms with van der Waals surface area (Å²) in [7, 11) is 1.43. The molecular formula is C18H25Cl2NO2. The molecule has 0 aromatic heterocycles. The van der Waals surface area contributed by atoms with Crippen LogP contribution in [0, 0.1) is 0 Å². The largest absolute Gasteiger partial charge is 0.469 e. The first-order chi connectivity index (χ1) is 11.0. The van der Waals surface area contributed by atoms with Gasteiger partial charge in [0, 0.05) is 18.0 Å². The molecule has 2 rings (SSSR count). The fourth-order valence-electron chi connectivity index (χ4n) is 3.51. The van der Waals surface area contributed by atoms with Gasteiger partial charge in [-0.3, -0.25) is 4.79 Å². The number of hydrogen-bond acceptors (Lipinski definition) is 3. The second-order valence-electron chi connectivity index (χ2n) is 6.26. The number of hydrogen-bond donors (Lipinski definition) is 1. The summed E-state index contributed by atoms with van der Waals surface area (Å²) in [6, 6.07) is 6.32. The summed E-state index contributed by atoms with van der Waals surface area (Å²) in [4.78, 5) is 11.3. The van der Waals surface area contributed by atoms with Crippen LogP contribution in [0.15, 0.2) is 18.2 Å². The smallest absolute Gasteiger partial charge is 0.306 e. The molecular weight excluding hydrogens is 333 g/mol. The number of benzene rings is 1. The van der Waals surface area contributed by atoms with E-state index in [9.17, 15) is 4.79 Å². The van der Waals surface area contributed by atoms with E-state index in [1.165, 1.54) is 19.1 Å². The Morgan fingerprint density at radius 2 is 2.09 bits per heavy atom. The molecule has 0 bridgehead atoms. The van der Waals surface area contributed by atoms with E-state index in [-0.39, 0.29) is 11.4 Å². The molecule has 0 aliphatic heterocycles. The zero-order chi connectivity index (χ0) is 16.9. The predicted octanol–water partition coefficient (Wildman–Crippen LogP) is 4.74. The Bertz CT molecular complexity index is 544. The minimum atomic E-state index is -0.176. The maximum Gasteiger partial charge on any atom is 0.306 e. The number of halogens is 2. The summed E-state index contributed by atoms with van der Waals surface area (Å²) < 4.78 is 4.72. The van der Waals surface area contributed by atoms with Crippen LogP contribution in [0.5, 0.6) is 0 Å². The van der Waals surface area contributed by atoms with E-state index < -0.39 is 0 Å². The predicted molar refractivity (Wildman–Crippen MR) is 95.3 cm³/mol. The standard InChI is InChI=1S/C18H25Cl2NO2/c1-3-5-16(21-11-8-17(22)23-2)18(9-4-10-18)13-6-7-14(19)15(20)12-13/h6-7,12,16,21H,3-5,8-11H2,1-2H3. The summed E-state index contributed by atoms with van der Waals surface area (Å²) in [5, 5.41) is 4.79. The average molecular weight is 358 g/mol. The summed E-state index contributed by atoms with van der Waals surface area (Å²) in [5.41, 5.74) is 1.35. The van der Waals surface area contributed by atoms with Crippen molar-refractivity contribution in [2.24, 2.45) is 0 Å². The first-order valence-corrected chi connectivity index (χ1v) is 9.05. The van der Waals surface area contributed by atoms with Gasteiger partial charge in [0.1, 0.15) is 0 Å². The van der Waals surface area contributed by atoms with Crippen LogP contribution >= 0.6 is 23.2 Å². The first kappa shape index (κ1) is 18.6. The van der Waals surface area contributed by atoms with Crippen LogP contribution in [0.4, 0.5) is 0 Å². The lowest BCUT2D eigenvalue weighted by molar-refractivity contribution is -0.140. The van der Waals surface area contributed by atoms with Crippen molar-refractivity contribution in [3.8, 4) is 0 Å². The normalized spacial score (nSPS) is 17.4. The van der Waals surface area contributed by atoms with Gasteiger partial charge in [0.2, 0.25) is 0 Å². The van der Waals surface area contributed by atoms with Crippen LogP contribution in [0.1, 0.15) is 51.0 Å². The molecule has 5 heteroatoms. The summed E-state index contributed by atoms with van der Waals surface area (Å²) >= 11 is 12.3. The van der Waals surface area contributed by atoms with Gasteiger partial charge >= 0.3 is 5.97 Å². The molecule has 1 aliphatic rings. The van der Waals surface area contributed by atoms with Crippen molar-refractivity contribution in [1.29, 1.82) is 0 Å². The van der Waals surface area contributed by atoms with Gasteiger partial charge in [-0.25, -0.2) is 0 Å². The second kappa shape index (κ2) is 8.36. The van der Waals surface area contributed by atoms with Crippen LogP contribution in [0.2, 0.25) is 10.0 Å². The van der Waals surface area contributed by atoms with Crippen molar-refractivity contribution in [2.45, 2.75) is 56.9 Å². The molecule has 3 nitrogen and oxygen atoms in total. The molecule has 1 aromatic rings. The van der Waals surface area contributed by atoms with Gasteiger partial charge in [-0.15, -0.1) is 0 Å². The Labute approximate surface area is 148 Å². The van der Waals surface area contributed by atoms with E-state index in [0.717, 1.165) is 25.7 Å².